The van der Waals surface area contributed by atoms with Gasteiger partial charge in [-0.05, 0) is 81.8 Å². The van der Waals surface area contributed by atoms with Crippen LogP contribution in [-0.4, -0.2) is 26.6 Å². The molecule has 0 unspecified atom stereocenters. The molecule has 0 heterocycles. The lowest BCUT2D eigenvalue weighted by molar-refractivity contribution is -0.119. The smallest absolute Gasteiger partial charge is 0.264 e. The minimum Gasteiger partial charge on any atom is -0.271 e. The summed E-state index contributed by atoms with van der Waals surface area (Å²) in [5, 5.41) is 4.33. The molecule has 1 N–H and O–H groups in total. The highest BCUT2D eigenvalue weighted by molar-refractivity contribution is 7.92. The SMILES string of the molecule is Cc1ccc(S(=O)(=O)N(CC(=O)NN=C2CCCCCCC2)c2cc(C)cc(C)c2)cc1. The molecule has 0 bridgehead atoms. The van der Waals surface area contributed by atoms with Gasteiger partial charge < -0.3 is 0 Å². The summed E-state index contributed by atoms with van der Waals surface area (Å²) in [5.41, 5.74) is 6.89. The largest absolute Gasteiger partial charge is 0.271 e. The van der Waals surface area contributed by atoms with Crippen molar-refractivity contribution >= 4 is 27.3 Å². The Labute approximate surface area is 191 Å². The third-order valence-corrected chi connectivity index (χ3v) is 7.45. The Morgan fingerprint density at radius 2 is 1.44 bits per heavy atom. The molecule has 1 aliphatic carbocycles. The van der Waals surface area contributed by atoms with Crippen molar-refractivity contribution in [2.24, 2.45) is 5.10 Å². The van der Waals surface area contributed by atoms with E-state index in [0.717, 1.165) is 48.1 Å². The summed E-state index contributed by atoms with van der Waals surface area (Å²) in [6.45, 7) is 5.39. The van der Waals surface area contributed by atoms with Crippen LogP contribution in [0.2, 0.25) is 0 Å². The van der Waals surface area contributed by atoms with E-state index in [1.807, 2.05) is 26.8 Å². The van der Waals surface area contributed by atoms with E-state index in [9.17, 15) is 13.2 Å². The maximum absolute atomic E-state index is 13.5. The number of hydrogen-bond acceptors (Lipinski definition) is 4. The van der Waals surface area contributed by atoms with Gasteiger partial charge in [-0.3, -0.25) is 9.10 Å². The van der Waals surface area contributed by atoms with Gasteiger partial charge in [-0.2, -0.15) is 5.10 Å². The maximum atomic E-state index is 13.5. The van der Waals surface area contributed by atoms with Crippen LogP contribution in [0.4, 0.5) is 5.69 Å². The molecular formula is C25H33N3O3S. The summed E-state index contributed by atoms with van der Waals surface area (Å²) in [5.74, 6) is -0.450. The lowest BCUT2D eigenvalue weighted by Gasteiger charge is -2.24. The van der Waals surface area contributed by atoms with Crippen molar-refractivity contribution in [3.8, 4) is 0 Å². The Bertz CT molecular complexity index is 1050. The van der Waals surface area contributed by atoms with Gasteiger partial charge in [0.2, 0.25) is 0 Å². The van der Waals surface area contributed by atoms with Crippen LogP contribution in [0.5, 0.6) is 0 Å². The first kappa shape index (κ1) is 24.0. The quantitative estimate of drug-likeness (QED) is 0.621. The van der Waals surface area contributed by atoms with E-state index in [2.05, 4.69) is 10.5 Å². The molecule has 1 saturated carbocycles. The highest BCUT2D eigenvalue weighted by Crippen LogP contribution is 2.26. The van der Waals surface area contributed by atoms with E-state index >= 15 is 0 Å². The second-order valence-electron chi connectivity index (χ2n) is 8.65. The van der Waals surface area contributed by atoms with Gasteiger partial charge in [0.25, 0.3) is 15.9 Å². The molecule has 1 amide bonds. The molecule has 2 aromatic rings. The van der Waals surface area contributed by atoms with E-state index in [4.69, 9.17) is 0 Å². The fraction of sp³-hybridized carbons (Fsp3) is 0.440. The minimum absolute atomic E-state index is 0.154. The van der Waals surface area contributed by atoms with Gasteiger partial charge in [0.05, 0.1) is 10.6 Å². The number of aryl methyl sites for hydroxylation is 3. The lowest BCUT2D eigenvalue weighted by Crippen LogP contribution is -2.40. The number of anilines is 1. The first-order valence-corrected chi connectivity index (χ1v) is 12.7. The standard InChI is InChI=1S/C25H33N3O3S/c1-19-11-13-24(14-12-19)32(30,31)28(23-16-20(2)15-21(3)17-23)18-25(29)27-26-22-9-7-5-4-6-8-10-22/h11-17H,4-10,18H2,1-3H3,(H,27,29). The summed E-state index contributed by atoms with van der Waals surface area (Å²) in [6, 6.07) is 12.2. The Morgan fingerprint density at radius 3 is 2.03 bits per heavy atom. The fourth-order valence-electron chi connectivity index (χ4n) is 3.98. The number of benzene rings is 2. The van der Waals surface area contributed by atoms with Crippen LogP contribution < -0.4 is 9.73 Å². The maximum Gasteiger partial charge on any atom is 0.264 e. The van der Waals surface area contributed by atoms with Gasteiger partial charge >= 0.3 is 0 Å². The minimum atomic E-state index is -3.93. The summed E-state index contributed by atoms with van der Waals surface area (Å²) < 4.78 is 28.2. The van der Waals surface area contributed by atoms with E-state index in [1.54, 1.807) is 36.4 Å². The third kappa shape index (κ3) is 6.42. The van der Waals surface area contributed by atoms with Crippen LogP contribution in [0.25, 0.3) is 0 Å². The lowest BCUT2D eigenvalue weighted by atomic mass is 9.99. The van der Waals surface area contributed by atoms with Crippen LogP contribution in [0.15, 0.2) is 52.5 Å². The monoisotopic (exact) mass is 455 g/mol. The first-order valence-electron chi connectivity index (χ1n) is 11.3. The molecule has 6 nitrogen and oxygen atoms in total. The Morgan fingerprint density at radius 1 is 0.875 bits per heavy atom. The molecule has 0 atom stereocenters. The highest BCUT2D eigenvalue weighted by atomic mass is 32.2. The number of carbonyl (C=O) groups excluding carboxylic acids is 1. The number of rotatable bonds is 6. The number of nitrogens with zero attached hydrogens (tertiary/aromatic N) is 2. The summed E-state index contributed by atoms with van der Waals surface area (Å²) in [4.78, 5) is 13.0. The zero-order chi connectivity index (χ0) is 23.1. The molecule has 0 radical (unpaired) electrons. The highest BCUT2D eigenvalue weighted by Gasteiger charge is 2.27. The van der Waals surface area contributed by atoms with Gasteiger partial charge in [0, 0.05) is 5.71 Å². The Hall–Kier alpha value is -2.67. The second kappa shape index (κ2) is 10.8. The molecule has 32 heavy (non-hydrogen) atoms. The number of sulfonamides is 1. The Balaban J connectivity index is 1.87. The molecule has 1 fully saturated rings. The number of carbonyl (C=O) groups is 1. The van der Waals surface area contributed by atoms with Crippen LogP contribution >= 0.6 is 0 Å². The summed E-state index contributed by atoms with van der Waals surface area (Å²) in [6.07, 6.45) is 7.52. The zero-order valence-electron chi connectivity index (χ0n) is 19.2. The summed E-state index contributed by atoms with van der Waals surface area (Å²) >= 11 is 0. The predicted molar refractivity (Wildman–Crippen MR) is 130 cm³/mol. The zero-order valence-corrected chi connectivity index (χ0v) is 20.0. The first-order chi connectivity index (χ1) is 15.3. The number of nitrogens with one attached hydrogen (secondary N) is 1. The molecule has 2 aromatic carbocycles. The molecule has 172 valence electrons. The molecule has 0 spiro atoms. The van der Waals surface area contributed by atoms with Crippen LogP contribution in [0.1, 0.15) is 61.6 Å². The van der Waals surface area contributed by atoms with Crippen molar-refractivity contribution in [1.82, 2.24) is 5.43 Å². The van der Waals surface area contributed by atoms with Gasteiger partial charge in [-0.15, -0.1) is 0 Å². The van der Waals surface area contributed by atoms with Crippen molar-refractivity contribution in [1.29, 1.82) is 0 Å². The van der Waals surface area contributed by atoms with E-state index in [-0.39, 0.29) is 11.4 Å². The number of hydrazone groups is 1. The molecule has 0 aliphatic heterocycles. The number of hydrogen-bond donors (Lipinski definition) is 1. The summed E-state index contributed by atoms with van der Waals surface area (Å²) in [7, 11) is -3.93. The van der Waals surface area contributed by atoms with Crippen LogP contribution in [0.3, 0.4) is 0 Å². The van der Waals surface area contributed by atoms with Gasteiger partial charge in [0.1, 0.15) is 6.54 Å². The van der Waals surface area contributed by atoms with Crippen molar-refractivity contribution in [3.05, 3.63) is 59.2 Å². The molecule has 1 aliphatic rings. The van der Waals surface area contributed by atoms with Crippen molar-refractivity contribution in [2.75, 3.05) is 10.8 Å². The van der Waals surface area contributed by atoms with Crippen LogP contribution in [0, 0.1) is 20.8 Å². The molecule has 7 heteroatoms. The molecular weight excluding hydrogens is 422 g/mol. The average molecular weight is 456 g/mol. The van der Waals surface area contributed by atoms with Gasteiger partial charge in [0.15, 0.2) is 0 Å². The Kier molecular flexibility index (Phi) is 8.07. The topological polar surface area (TPSA) is 78.8 Å². The van der Waals surface area contributed by atoms with Crippen molar-refractivity contribution in [3.63, 3.8) is 0 Å². The fourth-order valence-corrected chi connectivity index (χ4v) is 5.38. The van der Waals surface area contributed by atoms with E-state index < -0.39 is 15.9 Å². The van der Waals surface area contributed by atoms with Gasteiger partial charge in [-0.25, -0.2) is 13.8 Å². The molecule has 3 rings (SSSR count). The predicted octanol–water partition coefficient (Wildman–Crippen LogP) is 5.02. The van der Waals surface area contributed by atoms with Crippen molar-refractivity contribution < 1.29 is 13.2 Å². The number of amides is 1. The van der Waals surface area contributed by atoms with Crippen LogP contribution in [-0.2, 0) is 14.8 Å². The molecule has 0 saturated heterocycles. The van der Waals surface area contributed by atoms with Crippen molar-refractivity contribution in [2.45, 2.75) is 70.6 Å². The normalized spacial score (nSPS) is 14.9. The average Bonchev–Trinajstić information content (AvgIpc) is 2.70. The third-order valence-electron chi connectivity index (χ3n) is 5.66. The molecule has 0 aromatic heterocycles. The van der Waals surface area contributed by atoms with Gasteiger partial charge in [-0.1, -0.05) is 43.0 Å². The van der Waals surface area contributed by atoms with E-state index in [0.29, 0.717) is 5.69 Å². The second-order valence-corrected chi connectivity index (χ2v) is 10.5. The van der Waals surface area contributed by atoms with E-state index in [1.165, 1.54) is 23.6 Å².